The highest BCUT2D eigenvalue weighted by Crippen LogP contribution is 2.39. The summed E-state index contributed by atoms with van der Waals surface area (Å²) in [6.07, 6.45) is 1.17. The van der Waals surface area contributed by atoms with Gasteiger partial charge in [-0.15, -0.1) is 0 Å². The second-order valence-electron chi connectivity index (χ2n) is 10.4. The van der Waals surface area contributed by atoms with Crippen LogP contribution in [0.2, 0.25) is 0 Å². The summed E-state index contributed by atoms with van der Waals surface area (Å²) < 4.78 is 79.8. The monoisotopic (exact) mass is 654 g/mol. The highest BCUT2D eigenvalue weighted by Gasteiger charge is 2.31. The Balaban J connectivity index is 1.39. The van der Waals surface area contributed by atoms with Crippen molar-refractivity contribution >= 4 is 25.8 Å². The van der Waals surface area contributed by atoms with E-state index in [1.807, 2.05) is 0 Å². The van der Waals surface area contributed by atoms with Gasteiger partial charge in [0.25, 0.3) is 0 Å². The summed E-state index contributed by atoms with van der Waals surface area (Å²) in [6, 6.07) is 9.25. The lowest BCUT2D eigenvalue weighted by atomic mass is 10.1. The van der Waals surface area contributed by atoms with Crippen molar-refractivity contribution in [2.24, 2.45) is 5.16 Å². The average Bonchev–Trinajstić information content (AvgIpc) is 3.33. The Morgan fingerprint density at radius 3 is 1.98 bits per heavy atom. The molecule has 2 aromatic carbocycles. The van der Waals surface area contributed by atoms with Crippen LogP contribution in [0.25, 0.3) is 11.1 Å². The number of nitrogens with zero attached hydrogens (tertiary/aromatic N) is 1. The van der Waals surface area contributed by atoms with Crippen LogP contribution in [0.4, 0.5) is 0 Å². The maximum Gasteiger partial charge on any atom is 0.241 e. The predicted molar refractivity (Wildman–Crippen MR) is 159 cm³/mol. The Labute approximate surface area is 257 Å². The number of ether oxygens (including phenoxy) is 4. The lowest BCUT2D eigenvalue weighted by molar-refractivity contribution is 0.00876. The van der Waals surface area contributed by atoms with Gasteiger partial charge in [-0.1, -0.05) is 17.3 Å². The number of fused-ring (bicyclic) bond motifs is 3. The molecule has 2 heterocycles. The van der Waals surface area contributed by atoms with Gasteiger partial charge in [-0.2, -0.15) is 4.72 Å². The van der Waals surface area contributed by atoms with Crippen LogP contribution in [-0.4, -0.2) is 106 Å². The zero-order valence-electron chi connectivity index (χ0n) is 24.2. The molecule has 4 N–H and O–H groups in total. The largest absolute Gasteiger partial charge is 0.394 e. The molecule has 0 spiro atoms. The van der Waals surface area contributed by atoms with Gasteiger partial charge >= 0.3 is 0 Å². The van der Waals surface area contributed by atoms with E-state index in [-0.39, 0.29) is 49.0 Å². The first-order valence-electron chi connectivity index (χ1n) is 14.5. The fourth-order valence-electron chi connectivity index (χ4n) is 5.07. The molecule has 0 radical (unpaired) electrons. The van der Waals surface area contributed by atoms with Crippen LogP contribution in [0.3, 0.4) is 0 Å². The average molecular weight is 655 g/mol. The van der Waals surface area contributed by atoms with Gasteiger partial charge in [0, 0.05) is 36.8 Å². The molecule has 2 aliphatic heterocycles. The Morgan fingerprint density at radius 2 is 1.36 bits per heavy atom. The Kier molecular flexibility index (Phi) is 11.3. The van der Waals surface area contributed by atoms with E-state index in [0.29, 0.717) is 80.3 Å². The molecule has 242 valence electrons. The molecule has 0 bridgehead atoms. The van der Waals surface area contributed by atoms with Crippen LogP contribution >= 0.6 is 0 Å². The highest BCUT2D eigenvalue weighted by molar-refractivity contribution is 7.89. The molecule has 3 aliphatic rings. The molecule has 44 heavy (non-hydrogen) atoms. The first-order chi connectivity index (χ1) is 21.3. The van der Waals surface area contributed by atoms with Gasteiger partial charge in [-0.3, -0.25) is 5.32 Å². The molecule has 1 unspecified atom stereocenters. The summed E-state index contributed by atoms with van der Waals surface area (Å²) in [4.78, 5) is 5.66. The third-order valence-corrected chi connectivity index (χ3v) is 10.3. The summed E-state index contributed by atoms with van der Waals surface area (Å²) in [5.41, 5.74) is 2.71. The number of oxime groups is 1. The molecule has 14 nitrogen and oxygen atoms in total. The predicted octanol–water partition coefficient (Wildman–Crippen LogP) is 0.491. The van der Waals surface area contributed by atoms with E-state index in [1.165, 1.54) is 24.3 Å². The number of aliphatic hydroxyl groups excluding tert-OH is 1. The molecule has 5 rings (SSSR count). The normalized spacial score (nSPS) is 20.0. The molecule has 16 heteroatoms. The van der Waals surface area contributed by atoms with E-state index >= 15 is 0 Å². The molecule has 0 saturated carbocycles. The van der Waals surface area contributed by atoms with Crippen LogP contribution in [0.15, 0.2) is 51.3 Å². The topological polar surface area (TPSA) is 183 Å². The molecule has 2 fully saturated rings. The third kappa shape index (κ3) is 8.20. The maximum atomic E-state index is 13.3. The van der Waals surface area contributed by atoms with Crippen molar-refractivity contribution in [3.05, 3.63) is 47.5 Å². The number of rotatable bonds is 15. The van der Waals surface area contributed by atoms with Gasteiger partial charge in [0.2, 0.25) is 20.0 Å². The number of sulfonamides is 2. The van der Waals surface area contributed by atoms with Gasteiger partial charge in [0.05, 0.1) is 62.3 Å². The molecule has 1 aliphatic carbocycles. The van der Waals surface area contributed by atoms with Crippen LogP contribution in [-0.2, 0) is 43.8 Å². The summed E-state index contributed by atoms with van der Waals surface area (Å²) in [5.74, 6) is 0. The first-order valence-corrected chi connectivity index (χ1v) is 17.4. The fourth-order valence-corrected chi connectivity index (χ4v) is 7.64. The van der Waals surface area contributed by atoms with Crippen LogP contribution < -0.4 is 14.8 Å². The smallest absolute Gasteiger partial charge is 0.241 e. The Bertz CT molecular complexity index is 1420. The molecule has 2 aromatic rings. The van der Waals surface area contributed by atoms with Crippen molar-refractivity contribution in [1.29, 1.82) is 0 Å². The van der Waals surface area contributed by atoms with E-state index in [1.54, 1.807) is 12.1 Å². The van der Waals surface area contributed by atoms with Crippen LogP contribution in [0, 0.1) is 0 Å². The van der Waals surface area contributed by atoms with E-state index in [2.05, 4.69) is 19.9 Å². The van der Waals surface area contributed by atoms with Gasteiger partial charge in [0.15, 0.2) is 0 Å². The fraction of sp³-hybridized carbons (Fsp3) is 0.536. The van der Waals surface area contributed by atoms with Crippen molar-refractivity contribution in [3.8, 4) is 11.1 Å². The number of benzene rings is 2. The zero-order chi connectivity index (χ0) is 31.0. The van der Waals surface area contributed by atoms with Crippen molar-refractivity contribution in [3.63, 3.8) is 0 Å². The minimum atomic E-state index is -3.91. The SMILES string of the molecule is O=S(=O)(NC1CCOCC1)c1ccc2c(c1)/C(=N/OCCOCCOCCO)c1cc(S(=O)(=O)NC3CCOCN3)ccc1-2. The van der Waals surface area contributed by atoms with Crippen molar-refractivity contribution < 1.29 is 45.7 Å². The van der Waals surface area contributed by atoms with Gasteiger partial charge in [-0.25, -0.2) is 21.6 Å². The second kappa shape index (κ2) is 15.2. The molecule has 2 saturated heterocycles. The van der Waals surface area contributed by atoms with E-state index in [4.69, 9.17) is 28.9 Å². The standard InChI is InChI=1S/C28H38N4O10S2/c33-8-12-39-13-14-40-15-16-42-30-28-25-17-21(43(34,35)31-20-5-9-38-10-6-20)1-3-23(25)24-4-2-22(18-26(24)28)44(36,37)32-27-7-11-41-19-29-27/h1-4,17-18,20,27,29,31-33H,5-16,19H2/b30-28-. The minimum Gasteiger partial charge on any atom is -0.394 e. The number of hydrogen-bond donors (Lipinski definition) is 4. The van der Waals surface area contributed by atoms with Crippen molar-refractivity contribution in [2.75, 3.05) is 66.2 Å². The van der Waals surface area contributed by atoms with E-state index in [9.17, 15) is 16.8 Å². The van der Waals surface area contributed by atoms with E-state index < -0.39 is 26.2 Å². The molecule has 0 amide bonds. The van der Waals surface area contributed by atoms with Crippen molar-refractivity contribution in [1.82, 2.24) is 14.8 Å². The second-order valence-corrected chi connectivity index (χ2v) is 13.8. The highest BCUT2D eigenvalue weighted by atomic mass is 32.2. The number of nitrogens with one attached hydrogen (secondary N) is 3. The number of aliphatic hydroxyl groups is 1. The molecular weight excluding hydrogens is 616 g/mol. The summed E-state index contributed by atoms with van der Waals surface area (Å²) in [6.45, 7) is 2.75. The first kappa shape index (κ1) is 32.9. The zero-order valence-corrected chi connectivity index (χ0v) is 25.8. The number of hydrogen-bond acceptors (Lipinski definition) is 12. The van der Waals surface area contributed by atoms with Crippen molar-refractivity contribution in [2.45, 2.75) is 41.3 Å². The van der Waals surface area contributed by atoms with Crippen LogP contribution in [0.1, 0.15) is 30.4 Å². The minimum absolute atomic E-state index is 0.0327. The summed E-state index contributed by atoms with van der Waals surface area (Å²) in [7, 11) is -7.76. The Morgan fingerprint density at radius 1 is 0.773 bits per heavy atom. The molecule has 1 atom stereocenters. The molecule has 0 aromatic heterocycles. The van der Waals surface area contributed by atoms with E-state index in [0.717, 1.165) is 0 Å². The van der Waals surface area contributed by atoms with Gasteiger partial charge < -0.3 is 28.9 Å². The quantitative estimate of drug-likeness (QED) is 0.132. The third-order valence-electron chi connectivity index (χ3n) is 7.31. The lowest BCUT2D eigenvalue weighted by Gasteiger charge is -2.24. The maximum absolute atomic E-state index is 13.3. The van der Waals surface area contributed by atoms with Gasteiger partial charge in [0.1, 0.15) is 12.3 Å². The summed E-state index contributed by atoms with van der Waals surface area (Å²) >= 11 is 0. The summed E-state index contributed by atoms with van der Waals surface area (Å²) in [5, 5.41) is 16.1. The molecular formula is C28H38N4O10S2. The van der Waals surface area contributed by atoms with Crippen LogP contribution in [0.5, 0.6) is 0 Å². The Hall–Kier alpha value is -2.51. The van der Waals surface area contributed by atoms with Gasteiger partial charge in [-0.05, 0) is 48.2 Å². The lowest BCUT2D eigenvalue weighted by Crippen LogP contribution is -2.49.